The van der Waals surface area contributed by atoms with Gasteiger partial charge < -0.3 is 10.1 Å². The first-order chi connectivity index (χ1) is 14.9. The standard InChI is InChI=1S/C24H18N2O5/c1-14-5-3-4-6-20(14)25-21(27)16-9-12-18-19(13-16)23(29)26(22(18)28)17-10-7-15(8-11-17)24(30)31-2/h3-13H,1-2H3,(H,25,27). The number of hydrogen-bond donors (Lipinski definition) is 1. The van der Waals surface area contributed by atoms with E-state index in [2.05, 4.69) is 10.1 Å². The van der Waals surface area contributed by atoms with Crippen LogP contribution in [0.4, 0.5) is 11.4 Å². The molecular weight excluding hydrogens is 396 g/mol. The molecule has 0 bridgehead atoms. The second-order valence-corrected chi connectivity index (χ2v) is 7.01. The average molecular weight is 414 g/mol. The number of methoxy groups -OCH3 is 1. The number of carbonyl (C=O) groups excluding carboxylic acids is 4. The minimum atomic E-state index is -0.531. The molecule has 0 aliphatic carbocycles. The van der Waals surface area contributed by atoms with Gasteiger partial charge in [-0.2, -0.15) is 0 Å². The summed E-state index contributed by atoms with van der Waals surface area (Å²) in [6.07, 6.45) is 0. The van der Waals surface area contributed by atoms with E-state index in [-0.39, 0.29) is 22.6 Å². The Labute approximate surface area is 178 Å². The molecule has 0 saturated heterocycles. The van der Waals surface area contributed by atoms with E-state index < -0.39 is 17.8 Å². The Morgan fingerprint density at radius 2 is 1.48 bits per heavy atom. The van der Waals surface area contributed by atoms with Crippen LogP contribution in [0.25, 0.3) is 0 Å². The fourth-order valence-electron chi connectivity index (χ4n) is 3.39. The number of esters is 1. The van der Waals surface area contributed by atoms with Crippen LogP contribution in [-0.2, 0) is 4.74 Å². The van der Waals surface area contributed by atoms with Gasteiger partial charge in [0.2, 0.25) is 0 Å². The van der Waals surface area contributed by atoms with Gasteiger partial charge in [-0.3, -0.25) is 14.4 Å². The maximum absolute atomic E-state index is 13.0. The third-order valence-electron chi connectivity index (χ3n) is 5.09. The highest BCUT2D eigenvalue weighted by Gasteiger charge is 2.37. The van der Waals surface area contributed by atoms with Crippen molar-refractivity contribution in [2.75, 3.05) is 17.3 Å². The number of amides is 3. The fraction of sp³-hybridized carbons (Fsp3) is 0.0833. The third-order valence-corrected chi connectivity index (χ3v) is 5.09. The molecule has 7 heteroatoms. The summed E-state index contributed by atoms with van der Waals surface area (Å²) in [4.78, 5) is 51.1. The molecular formula is C24H18N2O5. The van der Waals surface area contributed by atoms with E-state index in [9.17, 15) is 19.2 Å². The first-order valence-electron chi connectivity index (χ1n) is 9.49. The SMILES string of the molecule is COC(=O)c1ccc(N2C(=O)c3ccc(C(=O)Nc4ccccc4C)cc3C2=O)cc1. The number of carbonyl (C=O) groups is 4. The predicted octanol–water partition coefficient (Wildman–Crippen LogP) is 3.83. The molecule has 0 atom stereocenters. The molecule has 4 rings (SSSR count). The Hall–Kier alpha value is -4.26. The smallest absolute Gasteiger partial charge is 0.337 e. The molecule has 1 heterocycles. The quantitative estimate of drug-likeness (QED) is 0.517. The van der Waals surface area contributed by atoms with Gasteiger partial charge in [0.15, 0.2) is 0 Å². The Morgan fingerprint density at radius 3 is 2.16 bits per heavy atom. The van der Waals surface area contributed by atoms with Crippen LogP contribution in [0.5, 0.6) is 0 Å². The maximum Gasteiger partial charge on any atom is 0.337 e. The minimum Gasteiger partial charge on any atom is -0.465 e. The first-order valence-corrected chi connectivity index (χ1v) is 9.49. The van der Waals surface area contributed by atoms with Gasteiger partial charge in [-0.05, 0) is 61.0 Å². The van der Waals surface area contributed by atoms with Gasteiger partial charge in [-0.25, -0.2) is 9.69 Å². The van der Waals surface area contributed by atoms with E-state index in [1.807, 2.05) is 25.1 Å². The van der Waals surface area contributed by atoms with Gasteiger partial charge in [0.1, 0.15) is 0 Å². The second-order valence-electron chi connectivity index (χ2n) is 7.01. The number of anilines is 2. The first kappa shape index (κ1) is 20.0. The number of imide groups is 1. The molecule has 0 unspecified atom stereocenters. The van der Waals surface area contributed by atoms with Crippen molar-refractivity contribution in [3.63, 3.8) is 0 Å². The highest BCUT2D eigenvalue weighted by molar-refractivity contribution is 6.34. The van der Waals surface area contributed by atoms with Crippen molar-refractivity contribution in [3.8, 4) is 0 Å². The fourth-order valence-corrected chi connectivity index (χ4v) is 3.39. The van der Waals surface area contributed by atoms with E-state index in [4.69, 9.17) is 0 Å². The van der Waals surface area contributed by atoms with Crippen LogP contribution in [0.1, 0.15) is 47.0 Å². The second kappa shape index (κ2) is 7.87. The van der Waals surface area contributed by atoms with E-state index in [0.717, 1.165) is 10.5 Å². The molecule has 0 radical (unpaired) electrons. The lowest BCUT2D eigenvalue weighted by Gasteiger charge is -2.14. The molecule has 3 amide bonds. The molecule has 7 nitrogen and oxygen atoms in total. The zero-order valence-electron chi connectivity index (χ0n) is 16.8. The lowest BCUT2D eigenvalue weighted by molar-refractivity contribution is 0.0600. The van der Waals surface area contributed by atoms with Crippen molar-refractivity contribution in [3.05, 3.63) is 94.5 Å². The topological polar surface area (TPSA) is 92.8 Å². The number of fused-ring (bicyclic) bond motifs is 1. The van der Waals surface area contributed by atoms with Gasteiger partial charge in [-0.1, -0.05) is 18.2 Å². The van der Waals surface area contributed by atoms with Gasteiger partial charge >= 0.3 is 5.97 Å². The van der Waals surface area contributed by atoms with E-state index in [1.54, 1.807) is 6.07 Å². The molecule has 1 aliphatic rings. The van der Waals surface area contributed by atoms with Crippen LogP contribution in [-0.4, -0.2) is 30.8 Å². The lowest BCUT2D eigenvalue weighted by Crippen LogP contribution is -2.29. The average Bonchev–Trinajstić information content (AvgIpc) is 3.04. The van der Waals surface area contributed by atoms with Crippen LogP contribution in [0.2, 0.25) is 0 Å². The Balaban J connectivity index is 1.61. The van der Waals surface area contributed by atoms with E-state index in [1.165, 1.54) is 49.6 Å². The number of nitrogens with one attached hydrogen (secondary N) is 1. The Morgan fingerprint density at radius 1 is 0.839 bits per heavy atom. The minimum absolute atomic E-state index is 0.152. The molecule has 0 saturated carbocycles. The Kier molecular flexibility index (Phi) is 5.09. The monoisotopic (exact) mass is 414 g/mol. The van der Waals surface area contributed by atoms with Gasteiger partial charge in [0.25, 0.3) is 17.7 Å². The molecule has 3 aromatic rings. The molecule has 1 N–H and O–H groups in total. The van der Waals surface area contributed by atoms with Crippen molar-refractivity contribution >= 4 is 35.1 Å². The molecule has 1 aliphatic heterocycles. The highest BCUT2D eigenvalue weighted by Crippen LogP contribution is 2.29. The van der Waals surface area contributed by atoms with Gasteiger partial charge in [-0.15, -0.1) is 0 Å². The number of aryl methyl sites for hydroxylation is 1. The number of rotatable bonds is 4. The number of hydrogen-bond acceptors (Lipinski definition) is 5. The Bertz CT molecular complexity index is 1230. The summed E-state index contributed by atoms with van der Waals surface area (Å²) in [5, 5.41) is 2.82. The zero-order valence-corrected chi connectivity index (χ0v) is 16.8. The lowest BCUT2D eigenvalue weighted by atomic mass is 10.0. The zero-order chi connectivity index (χ0) is 22.1. The molecule has 0 aromatic heterocycles. The summed E-state index contributed by atoms with van der Waals surface area (Å²) in [6, 6.07) is 17.7. The number of nitrogens with zero attached hydrogens (tertiary/aromatic N) is 1. The molecule has 0 fully saturated rings. The van der Waals surface area contributed by atoms with Crippen LogP contribution in [0.15, 0.2) is 66.7 Å². The summed E-state index contributed by atoms with van der Waals surface area (Å²) in [7, 11) is 1.27. The van der Waals surface area contributed by atoms with Gasteiger partial charge in [0.05, 0.1) is 29.5 Å². The summed E-state index contributed by atoms with van der Waals surface area (Å²) in [5.74, 6) is -1.91. The van der Waals surface area contributed by atoms with E-state index in [0.29, 0.717) is 16.9 Å². The number of ether oxygens (including phenoxy) is 1. The van der Waals surface area contributed by atoms with Crippen LogP contribution in [0.3, 0.4) is 0 Å². The van der Waals surface area contributed by atoms with Gasteiger partial charge in [0, 0.05) is 11.3 Å². The number of para-hydroxylation sites is 1. The molecule has 0 spiro atoms. The number of benzene rings is 3. The molecule has 154 valence electrons. The van der Waals surface area contributed by atoms with Crippen LogP contribution < -0.4 is 10.2 Å². The summed E-state index contributed by atoms with van der Waals surface area (Å²) >= 11 is 0. The summed E-state index contributed by atoms with van der Waals surface area (Å²) in [6.45, 7) is 1.88. The predicted molar refractivity (Wildman–Crippen MR) is 114 cm³/mol. The normalized spacial score (nSPS) is 12.5. The van der Waals surface area contributed by atoms with Crippen molar-refractivity contribution in [2.45, 2.75) is 6.92 Å². The largest absolute Gasteiger partial charge is 0.465 e. The van der Waals surface area contributed by atoms with E-state index >= 15 is 0 Å². The highest BCUT2D eigenvalue weighted by atomic mass is 16.5. The van der Waals surface area contributed by atoms with Crippen molar-refractivity contribution in [2.24, 2.45) is 0 Å². The van der Waals surface area contributed by atoms with Crippen molar-refractivity contribution < 1.29 is 23.9 Å². The molecule has 31 heavy (non-hydrogen) atoms. The summed E-state index contributed by atoms with van der Waals surface area (Å²) in [5.41, 5.74) is 2.84. The maximum atomic E-state index is 13.0. The van der Waals surface area contributed by atoms with Crippen molar-refractivity contribution in [1.82, 2.24) is 0 Å². The van der Waals surface area contributed by atoms with Crippen LogP contribution in [0, 0.1) is 6.92 Å². The molecule has 3 aromatic carbocycles. The third kappa shape index (κ3) is 3.57. The van der Waals surface area contributed by atoms with Crippen LogP contribution >= 0.6 is 0 Å². The summed E-state index contributed by atoms with van der Waals surface area (Å²) < 4.78 is 4.66. The van der Waals surface area contributed by atoms with Crippen molar-refractivity contribution in [1.29, 1.82) is 0 Å².